The zero-order chi connectivity index (χ0) is 18.9. The summed E-state index contributed by atoms with van der Waals surface area (Å²) in [6.45, 7) is 8.48. The molecule has 2 unspecified atom stereocenters. The minimum atomic E-state index is 0.379. The predicted molar refractivity (Wildman–Crippen MR) is 109 cm³/mol. The maximum atomic E-state index is 5.47. The maximum Gasteiger partial charge on any atom is 0.191 e. The zero-order valence-corrected chi connectivity index (χ0v) is 16.4. The lowest BCUT2D eigenvalue weighted by molar-refractivity contribution is 0.186. The minimum Gasteiger partial charge on any atom is -0.469 e. The highest BCUT2D eigenvalue weighted by atomic mass is 16.5. The lowest BCUT2D eigenvalue weighted by atomic mass is 10.0. The van der Waals surface area contributed by atoms with Gasteiger partial charge in [-0.1, -0.05) is 36.8 Å². The second kappa shape index (κ2) is 10.2. The normalized spacial score (nSPS) is 18.4. The van der Waals surface area contributed by atoms with E-state index in [1.54, 1.807) is 6.26 Å². The summed E-state index contributed by atoms with van der Waals surface area (Å²) < 4.78 is 10.9. The first-order chi connectivity index (χ1) is 13.2. The third kappa shape index (κ3) is 6.43. The molecule has 5 heteroatoms. The Hall–Kier alpha value is -2.27. The summed E-state index contributed by atoms with van der Waals surface area (Å²) in [6, 6.07) is 12.6. The number of furan rings is 1. The minimum absolute atomic E-state index is 0.379. The Morgan fingerprint density at radius 3 is 2.78 bits per heavy atom. The van der Waals surface area contributed by atoms with Gasteiger partial charge in [0, 0.05) is 44.5 Å². The Morgan fingerprint density at radius 2 is 2.07 bits per heavy atom. The molecule has 0 aliphatic carbocycles. The molecule has 1 aliphatic heterocycles. The van der Waals surface area contributed by atoms with Crippen LogP contribution in [0.15, 0.2) is 52.1 Å². The number of benzene rings is 1. The summed E-state index contributed by atoms with van der Waals surface area (Å²) in [6.07, 6.45) is 3.67. The van der Waals surface area contributed by atoms with Crippen molar-refractivity contribution in [2.75, 3.05) is 32.8 Å². The van der Waals surface area contributed by atoms with Gasteiger partial charge in [0.25, 0.3) is 0 Å². The third-order valence-corrected chi connectivity index (χ3v) is 5.00. The predicted octanol–water partition coefficient (Wildman–Crippen LogP) is 3.51. The van der Waals surface area contributed by atoms with E-state index in [0.717, 1.165) is 57.4 Å². The average Bonchev–Trinajstić information content (AvgIpc) is 3.37. The summed E-state index contributed by atoms with van der Waals surface area (Å²) in [5, 5.41) is 6.92. The molecule has 0 bridgehead atoms. The molecule has 2 heterocycles. The van der Waals surface area contributed by atoms with Crippen LogP contribution in [0.3, 0.4) is 0 Å². The Bertz CT molecular complexity index is 689. The zero-order valence-electron chi connectivity index (χ0n) is 16.4. The molecule has 5 nitrogen and oxygen atoms in total. The standard InChI is InChI=1S/C22H31N3O2/c1-17-5-7-20(8-6-17)18(2)14-24-22(25-15-19-10-13-26-16-19)23-11-9-21-4-3-12-27-21/h3-8,12,18-19H,9-11,13-16H2,1-2H3,(H2,23,24,25). The molecular formula is C22H31N3O2. The highest BCUT2D eigenvalue weighted by molar-refractivity contribution is 5.79. The van der Waals surface area contributed by atoms with E-state index >= 15 is 0 Å². The monoisotopic (exact) mass is 369 g/mol. The topological polar surface area (TPSA) is 58.8 Å². The van der Waals surface area contributed by atoms with Crippen molar-refractivity contribution in [1.82, 2.24) is 10.6 Å². The molecule has 0 saturated carbocycles. The van der Waals surface area contributed by atoms with Gasteiger partial charge in [-0.05, 0) is 31.0 Å². The van der Waals surface area contributed by atoms with Gasteiger partial charge in [0.05, 0.1) is 12.9 Å². The van der Waals surface area contributed by atoms with Crippen LogP contribution in [0, 0.1) is 12.8 Å². The highest BCUT2D eigenvalue weighted by Gasteiger charge is 2.16. The first-order valence-corrected chi connectivity index (χ1v) is 9.89. The fraction of sp³-hybridized carbons (Fsp3) is 0.500. The summed E-state index contributed by atoms with van der Waals surface area (Å²) >= 11 is 0. The molecule has 1 saturated heterocycles. The molecule has 0 radical (unpaired) electrons. The number of aliphatic imine (C=N–C) groups is 1. The Morgan fingerprint density at radius 1 is 1.22 bits per heavy atom. The van der Waals surface area contributed by atoms with Gasteiger partial charge in [0.15, 0.2) is 5.96 Å². The lowest BCUT2D eigenvalue weighted by Gasteiger charge is -2.16. The number of rotatable bonds is 8. The van der Waals surface area contributed by atoms with E-state index in [2.05, 4.69) is 48.7 Å². The van der Waals surface area contributed by atoms with Crippen molar-refractivity contribution < 1.29 is 9.15 Å². The number of nitrogens with zero attached hydrogens (tertiary/aromatic N) is 1. The Kier molecular flexibility index (Phi) is 7.34. The van der Waals surface area contributed by atoms with Crippen LogP contribution in [0.2, 0.25) is 0 Å². The van der Waals surface area contributed by atoms with Crippen LogP contribution in [0.4, 0.5) is 0 Å². The molecule has 1 aromatic carbocycles. The molecular weight excluding hydrogens is 338 g/mol. The summed E-state index contributed by atoms with van der Waals surface area (Å²) in [5.74, 6) is 2.80. The van der Waals surface area contributed by atoms with Crippen LogP contribution in [0.25, 0.3) is 0 Å². The molecule has 0 amide bonds. The quantitative estimate of drug-likeness (QED) is 0.552. The molecule has 2 atom stereocenters. The third-order valence-electron chi connectivity index (χ3n) is 5.00. The van der Waals surface area contributed by atoms with E-state index in [-0.39, 0.29) is 0 Å². The van der Waals surface area contributed by atoms with Crippen LogP contribution in [0.1, 0.15) is 36.1 Å². The molecule has 0 spiro atoms. The highest BCUT2D eigenvalue weighted by Crippen LogP contribution is 2.16. The summed E-state index contributed by atoms with van der Waals surface area (Å²) in [7, 11) is 0. The Labute approximate surface area is 162 Å². The SMILES string of the molecule is Cc1ccc(C(C)CN=C(NCCc2ccco2)NCC2CCOC2)cc1. The maximum absolute atomic E-state index is 5.47. The number of ether oxygens (including phenoxy) is 1. The molecule has 1 fully saturated rings. The summed E-state index contributed by atoms with van der Waals surface area (Å²) in [4.78, 5) is 4.83. The van der Waals surface area contributed by atoms with Crippen molar-refractivity contribution in [3.05, 3.63) is 59.5 Å². The fourth-order valence-electron chi connectivity index (χ4n) is 3.15. The van der Waals surface area contributed by atoms with Gasteiger partial charge in [-0.2, -0.15) is 0 Å². The van der Waals surface area contributed by atoms with Gasteiger partial charge in [-0.3, -0.25) is 4.99 Å². The van der Waals surface area contributed by atoms with Crippen LogP contribution >= 0.6 is 0 Å². The fourth-order valence-corrected chi connectivity index (χ4v) is 3.15. The molecule has 27 heavy (non-hydrogen) atoms. The van der Waals surface area contributed by atoms with E-state index in [0.29, 0.717) is 11.8 Å². The van der Waals surface area contributed by atoms with Crippen molar-refractivity contribution in [3.8, 4) is 0 Å². The van der Waals surface area contributed by atoms with E-state index in [4.69, 9.17) is 14.1 Å². The van der Waals surface area contributed by atoms with Gasteiger partial charge in [0.1, 0.15) is 5.76 Å². The van der Waals surface area contributed by atoms with Crippen LogP contribution in [-0.4, -0.2) is 38.8 Å². The number of guanidine groups is 1. The van der Waals surface area contributed by atoms with Gasteiger partial charge in [0.2, 0.25) is 0 Å². The van der Waals surface area contributed by atoms with Gasteiger partial charge < -0.3 is 19.8 Å². The van der Waals surface area contributed by atoms with Crippen molar-refractivity contribution >= 4 is 5.96 Å². The number of hydrogen-bond donors (Lipinski definition) is 2. The Balaban J connectivity index is 1.54. The van der Waals surface area contributed by atoms with Gasteiger partial charge in [-0.15, -0.1) is 0 Å². The van der Waals surface area contributed by atoms with Crippen molar-refractivity contribution in [3.63, 3.8) is 0 Å². The number of nitrogens with one attached hydrogen (secondary N) is 2. The second-order valence-corrected chi connectivity index (χ2v) is 7.37. The number of aryl methyl sites for hydroxylation is 1. The first-order valence-electron chi connectivity index (χ1n) is 9.89. The van der Waals surface area contributed by atoms with Gasteiger partial charge in [-0.25, -0.2) is 0 Å². The molecule has 1 aromatic heterocycles. The van der Waals surface area contributed by atoms with Gasteiger partial charge >= 0.3 is 0 Å². The molecule has 2 N–H and O–H groups in total. The second-order valence-electron chi connectivity index (χ2n) is 7.37. The number of hydrogen-bond acceptors (Lipinski definition) is 3. The first kappa shape index (κ1) is 19.5. The molecule has 2 aromatic rings. The van der Waals surface area contributed by atoms with Crippen LogP contribution < -0.4 is 10.6 Å². The lowest BCUT2D eigenvalue weighted by Crippen LogP contribution is -2.41. The smallest absolute Gasteiger partial charge is 0.191 e. The van der Waals surface area contributed by atoms with Crippen LogP contribution in [-0.2, 0) is 11.2 Å². The van der Waals surface area contributed by atoms with E-state index < -0.39 is 0 Å². The van der Waals surface area contributed by atoms with Crippen molar-refractivity contribution in [1.29, 1.82) is 0 Å². The van der Waals surface area contributed by atoms with E-state index in [9.17, 15) is 0 Å². The van der Waals surface area contributed by atoms with Crippen molar-refractivity contribution in [2.45, 2.75) is 32.6 Å². The molecule has 146 valence electrons. The van der Waals surface area contributed by atoms with E-state index in [1.807, 2.05) is 12.1 Å². The average molecular weight is 370 g/mol. The van der Waals surface area contributed by atoms with Crippen LogP contribution in [0.5, 0.6) is 0 Å². The van der Waals surface area contributed by atoms with Crippen molar-refractivity contribution in [2.24, 2.45) is 10.9 Å². The molecule has 1 aliphatic rings. The van der Waals surface area contributed by atoms with E-state index in [1.165, 1.54) is 11.1 Å². The largest absolute Gasteiger partial charge is 0.469 e. The molecule has 3 rings (SSSR count). The summed E-state index contributed by atoms with van der Waals surface area (Å²) in [5.41, 5.74) is 2.61.